The number of hydrogen-bond donors (Lipinski definition) is 2. The number of nitrogen functional groups attached to an aromatic ring is 1. The van der Waals surface area contributed by atoms with E-state index < -0.39 is 0 Å². The summed E-state index contributed by atoms with van der Waals surface area (Å²) >= 11 is 0. The first-order valence-electron chi connectivity index (χ1n) is 6.19. The molecule has 1 aromatic heterocycles. The summed E-state index contributed by atoms with van der Waals surface area (Å²) in [5.41, 5.74) is 9.83. The fourth-order valence-electron chi connectivity index (χ4n) is 2.03. The predicted octanol–water partition coefficient (Wildman–Crippen LogP) is 2.05. The van der Waals surface area contributed by atoms with Crippen molar-refractivity contribution in [3.63, 3.8) is 0 Å². The van der Waals surface area contributed by atoms with Gasteiger partial charge in [-0.2, -0.15) is 10.4 Å². The summed E-state index contributed by atoms with van der Waals surface area (Å²) in [6, 6.07) is 7.43. The lowest BCUT2D eigenvalue weighted by atomic mass is 10.1. The number of aryl methyl sites for hydroxylation is 2. The molecule has 5 nitrogen and oxygen atoms in total. The first-order chi connectivity index (χ1) is 9.13. The summed E-state index contributed by atoms with van der Waals surface area (Å²) < 4.78 is 1.81. The van der Waals surface area contributed by atoms with Crippen LogP contribution >= 0.6 is 0 Å². The van der Waals surface area contributed by atoms with Crippen molar-refractivity contribution in [2.24, 2.45) is 7.05 Å². The second kappa shape index (κ2) is 5.44. The lowest BCUT2D eigenvalue weighted by Gasteiger charge is -2.08. The summed E-state index contributed by atoms with van der Waals surface area (Å²) in [5, 5.41) is 16.7. The molecular weight excluding hydrogens is 238 g/mol. The Kier molecular flexibility index (Phi) is 3.71. The number of nitrogens with zero attached hydrogens (tertiary/aromatic N) is 3. The van der Waals surface area contributed by atoms with E-state index in [0.29, 0.717) is 17.8 Å². The summed E-state index contributed by atoms with van der Waals surface area (Å²) in [6.45, 7) is 2.73. The average molecular weight is 255 g/mol. The van der Waals surface area contributed by atoms with Crippen LogP contribution in [-0.2, 0) is 20.0 Å². The van der Waals surface area contributed by atoms with Crippen molar-refractivity contribution in [3.8, 4) is 6.07 Å². The number of anilines is 2. The highest BCUT2D eigenvalue weighted by Crippen LogP contribution is 2.19. The Morgan fingerprint density at radius 2 is 2.26 bits per heavy atom. The molecule has 0 aliphatic carbocycles. The molecule has 0 aliphatic rings. The summed E-state index contributed by atoms with van der Waals surface area (Å²) in [4.78, 5) is 0. The molecule has 98 valence electrons. The Labute approximate surface area is 112 Å². The fourth-order valence-corrected chi connectivity index (χ4v) is 2.03. The van der Waals surface area contributed by atoms with Crippen LogP contribution in [0.25, 0.3) is 0 Å². The van der Waals surface area contributed by atoms with Crippen LogP contribution < -0.4 is 11.1 Å². The number of nitriles is 1. The van der Waals surface area contributed by atoms with Gasteiger partial charge in [-0.3, -0.25) is 4.68 Å². The molecule has 0 unspecified atom stereocenters. The first kappa shape index (κ1) is 13.0. The van der Waals surface area contributed by atoms with Crippen LogP contribution in [0.15, 0.2) is 24.4 Å². The van der Waals surface area contributed by atoms with Crippen molar-refractivity contribution in [1.29, 1.82) is 5.26 Å². The zero-order valence-corrected chi connectivity index (χ0v) is 11.1. The van der Waals surface area contributed by atoms with Gasteiger partial charge in [0.05, 0.1) is 16.9 Å². The predicted molar refractivity (Wildman–Crippen MR) is 75.5 cm³/mol. The van der Waals surface area contributed by atoms with Crippen LogP contribution in [0.2, 0.25) is 0 Å². The smallest absolute Gasteiger partial charge is 0.101 e. The first-order valence-corrected chi connectivity index (χ1v) is 6.19. The standard InChI is InChI=1S/C14H17N5/c1-3-13-11(9-19(2)18-13)8-17-14-5-4-12(16)6-10(14)7-15/h4-6,9,17H,3,8,16H2,1-2H3. The topological polar surface area (TPSA) is 79.7 Å². The summed E-state index contributed by atoms with van der Waals surface area (Å²) in [7, 11) is 1.91. The molecule has 2 aromatic rings. The molecule has 0 saturated heterocycles. The van der Waals surface area contributed by atoms with Crippen molar-refractivity contribution in [2.45, 2.75) is 19.9 Å². The number of rotatable bonds is 4. The molecule has 0 atom stereocenters. The van der Waals surface area contributed by atoms with Gasteiger partial charge in [0.1, 0.15) is 6.07 Å². The van der Waals surface area contributed by atoms with Crippen LogP contribution in [0, 0.1) is 11.3 Å². The molecule has 0 radical (unpaired) electrons. The van der Waals surface area contributed by atoms with E-state index in [2.05, 4.69) is 23.4 Å². The molecule has 5 heteroatoms. The van der Waals surface area contributed by atoms with E-state index in [0.717, 1.165) is 23.4 Å². The van der Waals surface area contributed by atoms with E-state index in [1.165, 1.54) is 0 Å². The number of hydrogen-bond acceptors (Lipinski definition) is 4. The van der Waals surface area contributed by atoms with Gasteiger partial charge in [0, 0.05) is 31.0 Å². The maximum atomic E-state index is 9.08. The van der Waals surface area contributed by atoms with Crippen molar-refractivity contribution in [2.75, 3.05) is 11.1 Å². The van der Waals surface area contributed by atoms with E-state index in [1.54, 1.807) is 12.1 Å². The third-order valence-electron chi connectivity index (χ3n) is 2.96. The van der Waals surface area contributed by atoms with Gasteiger partial charge in [-0.1, -0.05) is 6.92 Å². The highest BCUT2D eigenvalue weighted by molar-refractivity contribution is 5.63. The Morgan fingerprint density at radius 1 is 1.47 bits per heavy atom. The van der Waals surface area contributed by atoms with Crippen LogP contribution in [0.4, 0.5) is 11.4 Å². The van der Waals surface area contributed by atoms with Crippen molar-refractivity contribution < 1.29 is 0 Å². The van der Waals surface area contributed by atoms with Gasteiger partial charge in [-0.05, 0) is 24.6 Å². The minimum Gasteiger partial charge on any atom is -0.399 e. The number of aromatic nitrogens is 2. The SMILES string of the molecule is CCc1nn(C)cc1CNc1ccc(N)cc1C#N. The van der Waals surface area contributed by atoms with Crippen molar-refractivity contribution >= 4 is 11.4 Å². The normalized spacial score (nSPS) is 10.2. The molecular formula is C14H17N5. The van der Waals surface area contributed by atoms with E-state index in [-0.39, 0.29) is 0 Å². The number of nitrogens with one attached hydrogen (secondary N) is 1. The van der Waals surface area contributed by atoms with Crippen LogP contribution in [-0.4, -0.2) is 9.78 Å². The molecule has 2 rings (SSSR count). The summed E-state index contributed by atoms with van der Waals surface area (Å²) in [5.74, 6) is 0. The van der Waals surface area contributed by atoms with Crippen LogP contribution in [0.1, 0.15) is 23.7 Å². The molecule has 0 aliphatic heterocycles. The lowest BCUT2D eigenvalue weighted by molar-refractivity contribution is 0.746. The van der Waals surface area contributed by atoms with Gasteiger partial charge in [0.2, 0.25) is 0 Å². The third-order valence-corrected chi connectivity index (χ3v) is 2.96. The number of nitrogens with two attached hydrogens (primary N) is 1. The van der Waals surface area contributed by atoms with Gasteiger partial charge in [0.25, 0.3) is 0 Å². The zero-order valence-electron chi connectivity index (χ0n) is 11.1. The molecule has 3 N–H and O–H groups in total. The summed E-state index contributed by atoms with van der Waals surface area (Å²) in [6.07, 6.45) is 2.89. The van der Waals surface area contributed by atoms with Crippen molar-refractivity contribution in [3.05, 3.63) is 41.2 Å². The monoisotopic (exact) mass is 255 g/mol. The Balaban J connectivity index is 2.17. The third kappa shape index (κ3) is 2.86. The molecule has 0 bridgehead atoms. The van der Waals surface area contributed by atoms with Crippen LogP contribution in [0.5, 0.6) is 0 Å². The Morgan fingerprint density at radius 3 is 2.95 bits per heavy atom. The quantitative estimate of drug-likeness (QED) is 0.819. The molecule has 19 heavy (non-hydrogen) atoms. The highest BCUT2D eigenvalue weighted by atomic mass is 15.3. The van der Waals surface area contributed by atoms with E-state index in [4.69, 9.17) is 11.0 Å². The second-order valence-corrected chi connectivity index (χ2v) is 4.40. The molecule has 1 heterocycles. The zero-order chi connectivity index (χ0) is 13.8. The Bertz CT molecular complexity index is 621. The second-order valence-electron chi connectivity index (χ2n) is 4.40. The Hall–Kier alpha value is -2.48. The minimum atomic E-state index is 0.557. The maximum Gasteiger partial charge on any atom is 0.101 e. The van der Waals surface area contributed by atoms with Gasteiger partial charge in [-0.15, -0.1) is 0 Å². The largest absolute Gasteiger partial charge is 0.399 e. The molecule has 0 spiro atoms. The average Bonchev–Trinajstić information content (AvgIpc) is 2.77. The van der Waals surface area contributed by atoms with Gasteiger partial charge < -0.3 is 11.1 Å². The maximum absolute atomic E-state index is 9.08. The molecule has 0 fully saturated rings. The minimum absolute atomic E-state index is 0.557. The molecule has 0 amide bonds. The molecule has 0 saturated carbocycles. The van der Waals surface area contributed by atoms with Gasteiger partial charge in [0.15, 0.2) is 0 Å². The van der Waals surface area contributed by atoms with Gasteiger partial charge >= 0.3 is 0 Å². The number of benzene rings is 1. The van der Waals surface area contributed by atoms with E-state index >= 15 is 0 Å². The van der Waals surface area contributed by atoms with Crippen LogP contribution in [0.3, 0.4) is 0 Å². The molecule has 1 aromatic carbocycles. The van der Waals surface area contributed by atoms with E-state index in [9.17, 15) is 0 Å². The lowest BCUT2D eigenvalue weighted by Crippen LogP contribution is -2.03. The van der Waals surface area contributed by atoms with Crippen molar-refractivity contribution in [1.82, 2.24) is 9.78 Å². The highest BCUT2D eigenvalue weighted by Gasteiger charge is 2.07. The van der Waals surface area contributed by atoms with E-state index in [1.807, 2.05) is 24.0 Å². The fraction of sp³-hybridized carbons (Fsp3) is 0.286. The van der Waals surface area contributed by atoms with Gasteiger partial charge in [-0.25, -0.2) is 0 Å².